The highest BCUT2D eigenvalue weighted by atomic mass is 16.6. The van der Waals surface area contributed by atoms with Gasteiger partial charge in [0, 0.05) is 0 Å². The number of carbonyl (C=O) groups excluding carboxylic acids is 2. The van der Waals surface area contributed by atoms with Gasteiger partial charge in [-0.1, -0.05) is 33.6 Å². The number of esters is 2. The van der Waals surface area contributed by atoms with Crippen LogP contribution in [-0.4, -0.2) is 24.6 Å². The minimum Gasteiger partial charge on any atom is -0.465 e. The topological polar surface area (TPSA) is 52.6 Å². The van der Waals surface area contributed by atoms with Crippen LogP contribution in [0.3, 0.4) is 0 Å². The first-order valence-electron chi connectivity index (χ1n) is 6.49. The molecule has 0 fully saturated rings. The van der Waals surface area contributed by atoms with E-state index in [9.17, 15) is 9.59 Å². The Bertz CT molecular complexity index is 219. The van der Waals surface area contributed by atoms with Crippen molar-refractivity contribution in [2.24, 2.45) is 0 Å². The first kappa shape index (κ1) is 15.9. The van der Waals surface area contributed by atoms with E-state index >= 15 is 0 Å². The third-order valence-corrected chi connectivity index (χ3v) is 2.28. The monoisotopic (exact) mass is 244 g/mol. The van der Waals surface area contributed by atoms with E-state index in [0.717, 1.165) is 32.1 Å². The number of hydrogen-bond donors (Lipinski definition) is 0. The predicted molar refractivity (Wildman–Crippen MR) is 65.6 cm³/mol. The summed E-state index contributed by atoms with van der Waals surface area (Å²) in [4.78, 5) is 22.6. The Labute approximate surface area is 104 Å². The van der Waals surface area contributed by atoms with Crippen molar-refractivity contribution in [3.8, 4) is 0 Å². The molecule has 4 heteroatoms. The third-order valence-electron chi connectivity index (χ3n) is 2.28. The van der Waals surface area contributed by atoms with E-state index in [1.54, 1.807) is 0 Å². The van der Waals surface area contributed by atoms with Crippen molar-refractivity contribution in [1.29, 1.82) is 0 Å². The molecule has 0 N–H and O–H groups in total. The van der Waals surface area contributed by atoms with Crippen molar-refractivity contribution >= 4 is 11.9 Å². The van der Waals surface area contributed by atoms with Gasteiger partial charge in [-0.15, -0.1) is 0 Å². The molecule has 0 bridgehead atoms. The van der Waals surface area contributed by atoms with E-state index < -0.39 is 11.9 Å². The first-order chi connectivity index (χ1) is 8.13. The van der Waals surface area contributed by atoms with Crippen LogP contribution < -0.4 is 0 Å². The maximum atomic E-state index is 11.5. The lowest BCUT2D eigenvalue weighted by Gasteiger charge is -2.16. The molecule has 0 radical (unpaired) electrons. The standard InChI is InChI=1S/C13H24O4/c1-4-7-11(8-5-2)17-13(15)10-12(14)16-9-6-3/h11H,4-10H2,1-3H3. The van der Waals surface area contributed by atoms with Gasteiger partial charge in [0.05, 0.1) is 6.61 Å². The zero-order chi connectivity index (χ0) is 13.1. The second-order valence-corrected chi connectivity index (χ2v) is 4.09. The summed E-state index contributed by atoms with van der Waals surface area (Å²) in [6, 6.07) is 0. The third kappa shape index (κ3) is 8.72. The summed E-state index contributed by atoms with van der Waals surface area (Å²) in [7, 11) is 0. The van der Waals surface area contributed by atoms with Crippen LogP contribution in [-0.2, 0) is 19.1 Å². The van der Waals surface area contributed by atoms with Gasteiger partial charge in [-0.2, -0.15) is 0 Å². The highest BCUT2D eigenvalue weighted by molar-refractivity contribution is 5.91. The van der Waals surface area contributed by atoms with Gasteiger partial charge in [-0.05, 0) is 19.3 Å². The highest BCUT2D eigenvalue weighted by Gasteiger charge is 2.16. The van der Waals surface area contributed by atoms with Crippen LogP contribution in [0.1, 0.15) is 59.3 Å². The lowest BCUT2D eigenvalue weighted by Crippen LogP contribution is -2.21. The number of ether oxygens (including phenoxy) is 2. The van der Waals surface area contributed by atoms with E-state index in [0.29, 0.717) is 6.61 Å². The molecule has 4 nitrogen and oxygen atoms in total. The molecule has 0 aliphatic rings. The van der Waals surface area contributed by atoms with Crippen LogP contribution in [0.15, 0.2) is 0 Å². The van der Waals surface area contributed by atoms with Gasteiger partial charge in [0.15, 0.2) is 0 Å². The molecule has 17 heavy (non-hydrogen) atoms. The smallest absolute Gasteiger partial charge is 0.317 e. The van der Waals surface area contributed by atoms with Crippen LogP contribution in [0.25, 0.3) is 0 Å². The van der Waals surface area contributed by atoms with Gasteiger partial charge in [-0.3, -0.25) is 9.59 Å². The van der Waals surface area contributed by atoms with Crippen molar-refractivity contribution in [3.05, 3.63) is 0 Å². The molecule has 0 saturated carbocycles. The Morgan fingerprint density at radius 3 is 2.00 bits per heavy atom. The van der Waals surface area contributed by atoms with E-state index in [-0.39, 0.29) is 12.5 Å². The SMILES string of the molecule is CCCOC(=O)CC(=O)OC(CCC)CCC. The number of carbonyl (C=O) groups is 2. The van der Waals surface area contributed by atoms with Crippen molar-refractivity contribution in [3.63, 3.8) is 0 Å². The van der Waals surface area contributed by atoms with E-state index in [1.165, 1.54) is 0 Å². The summed E-state index contributed by atoms with van der Waals surface area (Å²) >= 11 is 0. The molecule has 0 rings (SSSR count). The molecule has 100 valence electrons. The van der Waals surface area contributed by atoms with Gasteiger partial charge < -0.3 is 9.47 Å². The number of rotatable bonds is 9. The quantitative estimate of drug-likeness (QED) is 0.462. The molecule has 0 atom stereocenters. The summed E-state index contributed by atoms with van der Waals surface area (Å²) in [5, 5.41) is 0. The molecule has 0 aliphatic carbocycles. The Morgan fingerprint density at radius 1 is 0.941 bits per heavy atom. The van der Waals surface area contributed by atoms with Crippen LogP contribution in [0.4, 0.5) is 0 Å². The number of hydrogen-bond acceptors (Lipinski definition) is 4. The largest absolute Gasteiger partial charge is 0.465 e. The molecule has 0 aromatic heterocycles. The minimum atomic E-state index is -0.497. The van der Waals surface area contributed by atoms with Gasteiger partial charge >= 0.3 is 11.9 Å². The fourth-order valence-electron chi connectivity index (χ4n) is 1.52. The first-order valence-corrected chi connectivity index (χ1v) is 6.49. The van der Waals surface area contributed by atoms with Crippen molar-refractivity contribution in [2.45, 2.75) is 65.4 Å². The summed E-state index contributed by atoms with van der Waals surface area (Å²) in [6.07, 6.45) is 4.07. The van der Waals surface area contributed by atoms with E-state index in [2.05, 4.69) is 0 Å². The minimum absolute atomic E-state index is 0.0588. The molecule has 0 spiro atoms. The van der Waals surface area contributed by atoms with Gasteiger partial charge in [-0.25, -0.2) is 0 Å². The Balaban J connectivity index is 3.91. The normalized spacial score (nSPS) is 10.4. The molecular formula is C13H24O4. The molecular weight excluding hydrogens is 220 g/mol. The highest BCUT2D eigenvalue weighted by Crippen LogP contribution is 2.10. The van der Waals surface area contributed by atoms with Crippen molar-refractivity contribution in [2.75, 3.05) is 6.61 Å². The second kappa shape index (κ2) is 10.1. The fourth-order valence-corrected chi connectivity index (χ4v) is 1.52. The van der Waals surface area contributed by atoms with Crippen molar-refractivity contribution < 1.29 is 19.1 Å². The molecule has 0 saturated heterocycles. The fraction of sp³-hybridized carbons (Fsp3) is 0.846. The van der Waals surface area contributed by atoms with E-state index in [4.69, 9.17) is 9.47 Å². The summed E-state index contributed by atoms with van der Waals surface area (Å²) < 4.78 is 10.1. The lowest BCUT2D eigenvalue weighted by molar-refractivity contribution is -0.158. The zero-order valence-corrected chi connectivity index (χ0v) is 11.2. The maximum Gasteiger partial charge on any atom is 0.317 e. The molecule has 0 amide bonds. The summed E-state index contributed by atoms with van der Waals surface area (Å²) in [5.41, 5.74) is 0. The maximum absolute atomic E-state index is 11.5. The Morgan fingerprint density at radius 2 is 1.53 bits per heavy atom. The van der Waals surface area contributed by atoms with Gasteiger partial charge in [0.25, 0.3) is 0 Å². The predicted octanol–water partition coefficient (Wildman–Crippen LogP) is 2.84. The Kier molecular flexibility index (Phi) is 9.49. The Hall–Kier alpha value is -1.06. The molecule has 0 aliphatic heterocycles. The average molecular weight is 244 g/mol. The summed E-state index contributed by atoms with van der Waals surface area (Å²) in [5.74, 6) is -0.971. The molecule has 0 aromatic rings. The molecule has 0 unspecified atom stereocenters. The lowest BCUT2D eigenvalue weighted by atomic mass is 10.1. The zero-order valence-electron chi connectivity index (χ0n) is 11.2. The van der Waals surface area contributed by atoms with E-state index in [1.807, 2.05) is 20.8 Å². The molecule has 0 heterocycles. The van der Waals surface area contributed by atoms with Gasteiger partial charge in [0.1, 0.15) is 12.5 Å². The van der Waals surface area contributed by atoms with Crippen LogP contribution in [0.2, 0.25) is 0 Å². The summed E-state index contributed by atoms with van der Waals surface area (Å²) in [6.45, 7) is 6.36. The second-order valence-electron chi connectivity index (χ2n) is 4.09. The van der Waals surface area contributed by atoms with Crippen LogP contribution in [0.5, 0.6) is 0 Å². The van der Waals surface area contributed by atoms with Crippen LogP contribution >= 0.6 is 0 Å². The van der Waals surface area contributed by atoms with Gasteiger partial charge in [0.2, 0.25) is 0 Å². The van der Waals surface area contributed by atoms with Crippen molar-refractivity contribution in [1.82, 2.24) is 0 Å². The van der Waals surface area contributed by atoms with Crippen LogP contribution in [0, 0.1) is 0 Å². The molecule has 0 aromatic carbocycles. The average Bonchev–Trinajstić information content (AvgIpc) is 2.26.